The van der Waals surface area contributed by atoms with Crippen molar-refractivity contribution < 1.29 is 24.0 Å². The summed E-state index contributed by atoms with van der Waals surface area (Å²) in [5, 5.41) is 19.3. The minimum Gasteiger partial charge on any atom is -0.494 e. The van der Waals surface area contributed by atoms with Gasteiger partial charge in [0.25, 0.3) is 17.5 Å². The highest BCUT2D eigenvalue weighted by Gasteiger charge is 2.16. The van der Waals surface area contributed by atoms with Gasteiger partial charge in [-0.3, -0.25) is 24.5 Å². The predicted octanol–water partition coefficient (Wildman–Crippen LogP) is 6.44. The zero-order chi connectivity index (χ0) is 31.5. The lowest BCUT2D eigenvalue weighted by molar-refractivity contribution is -0.384. The highest BCUT2D eigenvalue weighted by atomic mass is 32.2. The number of aryl methyl sites for hydroxylation is 1. The van der Waals surface area contributed by atoms with Crippen molar-refractivity contribution in [3.63, 3.8) is 0 Å². The van der Waals surface area contributed by atoms with Crippen molar-refractivity contribution in [2.24, 2.45) is 0 Å². The lowest BCUT2D eigenvalue weighted by atomic mass is 10.1. The molecule has 0 aliphatic heterocycles. The van der Waals surface area contributed by atoms with E-state index in [0.29, 0.717) is 40.4 Å². The van der Waals surface area contributed by atoms with Crippen LogP contribution in [0.5, 0.6) is 5.75 Å². The number of amides is 3. The molecule has 4 aromatic carbocycles. The standard InChI is InChI=1S/C33H30N4O6S/c1-3-43-27-15-10-23(11-16-27)19-30(36-32(39)24-7-5-4-6-8-24)33(40)34-25-12-17-28(18-13-25)44-21-31(38)35-29-20-26(37(41)42)14-9-22(29)2/h4-20H,3,21H2,1-2H3,(H,34,40)(H,35,38)(H,36,39)/b30-19-. The summed E-state index contributed by atoms with van der Waals surface area (Å²) in [5.41, 5.74) is 2.63. The van der Waals surface area contributed by atoms with Crippen LogP contribution < -0.4 is 20.7 Å². The number of nitro groups is 1. The average Bonchev–Trinajstić information content (AvgIpc) is 3.02. The Morgan fingerprint density at radius 2 is 1.61 bits per heavy atom. The van der Waals surface area contributed by atoms with Gasteiger partial charge in [-0.05, 0) is 79.6 Å². The van der Waals surface area contributed by atoms with Gasteiger partial charge in [0.2, 0.25) is 5.91 Å². The minimum absolute atomic E-state index is 0.0505. The SMILES string of the molecule is CCOc1ccc(/C=C(\NC(=O)c2ccccc2)C(=O)Nc2ccc(SCC(=O)Nc3cc([N+](=O)[O-])ccc3C)cc2)cc1. The van der Waals surface area contributed by atoms with Gasteiger partial charge in [-0.25, -0.2) is 0 Å². The molecule has 11 heteroatoms. The number of ether oxygens (including phenoxy) is 1. The summed E-state index contributed by atoms with van der Waals surface area (Å²) in [6.45, 7) is 4.17. The Bertz CT molecular complexity index is 1670. The molecule has 4 rings (SSSR count). The minimum atomic E-state index is -0.518. The second kappa shape index (κ2) is 15.2. The molecule has 0 saturated heterocycles. The van der Waals surface area contributed by atoms with Gasteiger partial charge in [-0.2, -0.15) is 0 Å². The van der Waals surface area contributed by atoms with Gasteiger partial charge in [0.15, 0.2) is 0 Å². The molecular formula is C33H30N4O6S. The summed E-state index contributed by atoms with van der Waals surface area (Å²) in [5.74, 6) is -0.486. The highest BCUT2D eigenvalue weighted by molar-refractivity contribution is 8.00. The molecule has 0 atom stereocenters. The highest BCUT2D eigenvalue weighted by Crippen LogP contribution is 2.24. The number of rotatable bonds is 12. The van der Waals surface area contributed by atoms with Gasteiger partial charge in [0.1, 0.15) is 11.4 Å². The molecule has 3 amide bonds. The fraction of sp³-hybridized carbons (Fsp3) is 0.121. The molecule has 0 bridgehead atoms. The van der Waals surface area contributed by atoms with E-state index < -0.39 is 16.7 Å². The van der Waals surface area contributed by atoms with Crippen LogP contribution in [0.25, 0.3) is 6.08 Å². The lowest BCUT2D eigenvalue weighted by Gasteiger charge is -2.12. The summed E-state index contributed by atoms with van der Waals surface area (Å²) in [6, 6.07) is 26.9. The number of hydrogen-bond donors (Lipinski definition) is 3. The van der Waals surface area contributed by atoms with Crippen LogP contribution in [0.4, 0.5) is 17.1 Å². The monoisotopic (exact) mass is 610 g/mol. The zero-order valence-electron chi connectivity index (χ0n) is 24.0. The van der Waals surface area contributed by atoms with Crippen LogP contribution in [-0.4, -0.2) is 35.0 Å². The molecule has 0 heterocycles. The van der Waals surface area contributed by atoms with Crippen molar-refractivity contribution in [1.29, 1.82) is 0 Å². The van der Waals surface area contributed by atoms with E-state index in [1.54, 1.807) is 97.9 Å². The molecule has 0 unspecified atom stereocenters. The Morgan fingerprint density at radius 3 is 2.27 bits per heavy atom. The quantitative estimate of drug-likeness (QED) is 0.0726. The van der Waals surface area contributed by atoms with Gasteiger partial charge in [-0.15, -0.1) is 11.8 Å². The van der Waals surface area contributed by atoms with E-state index >= 15 is 0 Å². The van der Waals surface area contributed by atoms with Gasteiger partial charge in [-0.1, -0.05) is 36.4 Å². The van der Waals surface area contributed by atoms with Gasteiger partial charge in [0.05, 0.1) is 23.0 Å². The van der Waals surface area contributed by atoms with Crippen molar-refractivity contribution in [1.82, 2.24) is 5.32 Å². The van der Waals surface area contributed by atoms with Crippen LogP contribution in [0.2, 0.25) is 0 Å². The predicted molar refractivity (Wildman–Crippen MR) is 172 cm³/mol. The molecule has 0 aromatic heterocycles. The van der Waals surface area contributed by atoms with Crippen LogP contribution in [0, 0.1) is 17.0 Å². The fourth-order valence-electron chi connectivity index (χ4n) is 3.96. The summed E-state index contributed by atoms with van der Waals surface area (Å²) in [7, 11) is 0. The molecule has 44 heavy (non-hydrogen) atoms. The zero-order valence-corrected chi connectivity index (χ0v) is 24.9. The van der Waals surface area contributed by atoms with E-state index in [4.69, 9.17) is 4.74 Å². The second-order valence-electron chi connectivity index (χ2n) is 9.45. The first kappa shape index (κ1) is 31.5. The number of carbonyl (C=O) groups excluding carboxylic acids is 3. The molecule has 0 fully saturated rings. The van der Waals surface area contributed by atoms with Crippen LogP contribution in [0.15, 0.2) is 108 Å². The molecule has 4 aromatic rings. The van der Waals surface area contributed by atoms with E-state index in [0.717, 1.165) is 4.90 Å². The Labute approximate surface area is 258 Å². The Balaban J connectivity index is 1.41. The van der Waals surface area contributed by atoms with E-state index in [1.807, 2.05) is 6.92 Å². The van der Waals surface area contributed by atoms with Gasteiger partial charge >= 0.3 is 0 Å². The van der Waals surface area contributed by atoms with E-state index in [-0.39, 0.29) is 23.0 Å². The fourth-order valence-corrected chi connectivity index (χ4v) is 4.66. The van der Waals surface area contributed by atoms with Crippen molar-refractivity contribution in [2.45, 2.75) is 18.7 Å². The molecule has 0 saturated carbocycles. The number of nitrogens with zero attached hydrogens (tertiary/aromatic N) is 1. The number of carbonyl (C=O) groups is 3. The number of non-ortho nitro benzene ring substituents is 1. The molecule has 0 radical (unpaired) electrons. The largest absolute Gasteiger partial charge is 0.494 e. The van der Waals surface area contributed by atoms with Crippen molar-refractivity contribution in [2.75, 3.05) is 23.0 Å². The van der Waals surface area contributed by atoms with Crippen LogP contribution in [0.3, 0.4) is 0 Å². The normalized spacial score (nSPS) is 10.9. The van der Waals surface area contributed by atoms with Crippen molar-refractivity contribution >= 4 is 52.6 Å². The number of thioether (sulfide) groups is 1. The van der Waals surface area contributed by atoms with Crippen LogP contribution in [0.1, 0.15) is 28.4 Å². The maximum absolute atomic E-state index is 13.3. The molecule has 224 valence electrons. The van der Waals surface area contributed by atoms with E-state index in [9.17, 15) is 24.5 Å². The Kier molecular flexibility index (Phi) is 10.9. The number of benzene rings is 4. The van der Waals surface area contributed by atoms with Crippen molar-refractivity contribution in [3.8, 4) is 5.75 Å². The lowest BCUT2D eigenvalue weighted by Crippen LogP contribution is -2.30. The topological polar surface area (TPSA) is 140 Å². The summed E-state index contributed by atoms with van der Waals surface area (Å²) in [4.78, 5) is 50.0. The van der Waals surface area contributed by atoms with Gasteiger partial charge in [0, 0.05) is 28.3 Å². The maximum Gasteiger partial charge on any atom is 0.272 e. The summed E-state index contributed by atoms with van der Waals surface area (Å²) >= 11 is 1.27. The van der Waals surface area contributed by atoms with Crippen LogP contribution in [-0.2, 0) is 9.59 Å². The maximum atomic E-state index is 13.3. The molecular weight excluding hydrogens is 580 g/mol. The summed E-state index contributed by atoms with van der Waals surface area (Å²) in [6.07, 6.45) is 1.58. The number of nitro benzene ring substituents is 1. The Hall–Kier alpha value is -5.42. The average molecular weight is 611 g/mol. The second-order valence-corrected chi connectivity index (χ2v) is 10.5. The Morgan fingerprint density at radius 1 is 0.909 bits per heavy atom. The molecule has 0 aliphatic carbocycles. The number of hydrogen-bond acceptors (Lipinski definition) is 7. The number of nitrogens with one attached hydrogen (secondary N) is 3. The third-order valence-corrected chi connectivity index (χ3v) is 7.23. The first-order chi connectivity index (χ1) is 21.2. The van der Waals surface area contributed by atoms with Crippen LogP contribution >= 0.6 is 11.8 Å². The molecule has 10 nitrogen and oxygen atoms in total. The molecule has 3 N–H and O–H groups in total. The van der Waals surface area contributed by atoms with Crippen molar-refractivity contribution in [3.05, 3.63) is 130 Å². The molecule has 0 aliphatic rings. The third kappa shape index (κ3) is 9.04. The van der Waals surface area contributed by atoms with E-state index in [2.05, 4.69) is 16.0 Å². The van der Waals surface area contributed by atoms with E-state index in [1.165, 1.54) is 23.9 Å². The summed E-state index contributed by atoms with van der Waals surface area (Å²) < 4.78 is 5.48. The first-order valence-corrected chi connectivity index (χ1v) is 14.6. The van der Waals surface area contributed by atoms with Gasteiger partial charge < -0.3 is 20.7 Å². The first-order valence-electron chi connectivity index (χ1n) is 13.6. The smallest absolute Gasteiger partial charge is 0.272 e. The number of anilines is 2. The third-order valence-electron chi connectivity index (χ3n) is 6.22. The molecule has 0 spiro atoms.